The fourth-order valence-corrected chi connectivity index (χ4v) is 3.23. The predicted octanol–water partition coefficient (Wildman–Crippen LogP) is 1.80. The van der Waals surface area contributed by atoms with Gasteiger partial charge in [-0.2, -0.15) is 5.10 Å². The van der Waals surface area contributed by atoms with E-state index in [9.17, 15) is 0 Å². The van der Waals surface area contributed by atoms with Crippen LogP contribution in [-0.2, 0) is 22.7 Å². The summed E-state index contributed by atoms with van der Waals surface area (Å²) in [6.07, 6.45) is 3.38. The molecular weight excluding hydrogens is 334 g/mol. The third-order valence-corrected chi connectivity index (χ3v) is 4.67. The van der Waals surface area contributed by atoms with Crippen LogP contribution in [0.25, 0.3) is 11.0 Å². The average Bonchev–Trinajstić information content (AvgIpc) is 2.99. The van der Waals surface area contributed by atoms with Gasteiger partial charge in [0.05, 0.1) is 30.7 Å². The maximum atomic E-state index is 8.89. The maximum Gasteiger partial charge on any atom is 0.163 e. The molecule has 4 rings (SSSR count). The van der Waals surface area contributed by atoms with Gasteiger partial charge in [-0.25, -0.2) is 14.6 Å². The minimum Gasteiger partial charge on any atom is -0.383 e. The van der Waals surface area contributed by atoms with Gasteiger partial charge in [-0.3, -0.25) is 0 Å². The van der Waals surface area contributed by atoms with Crippen molar-refractivity contribution in [2.24, 2.45) is 0 Å². The van der Waals surface area contributed by atoms with E-state index in [0.29, 0.717) is 29.2 Å². The summed E-state index contributed by atoms with van der Waals surface area (Å²) in [5.74, 6) is 0.369. The molecule has 3 aromatic rings. The number of anilines is 1. The van der Waals surface area contributed by atoms with Crippen molar-refractivity contribution in [2.75, 3.05) is 12.5 Å². The van der Waals surface area contributed by atoms with Crippen molar-refractivity contribution >= 4 is 16.9 Å². The van der Waals surface area contributed by atoms with Crippen LogP contribution in [0.1, 0.15) is 30.1 Å². The number of nitrogens with zero attached hydrogens (tertiary/aromatic N) is 4. The summed E-state index contributed by atoms with van der Waals surface area (Å²) in [6, 6.07) is 10.3. The van der Waals surface area contributed by atoms with E-state index in [1.54, 1.807) is 0 Å². The molecule has 0 amide bonds. The molecule has 0 radical (unpaired) electrons. The molecule has 3 N–H and O–H groups in total. The molecule has 0 atom stereocenters. The fraction of sp³-hybridized carbons (Fsp3) is 0.389. The lowest BCUT2D eigenvalue weighted by Gasteiger charge is -2.35. The number of aliphatic hydroxyl groups is 1. The predicted molar refractivity (Wildman–Crippen MR) is 94.9 cm³/mol. The van der Waals surface area contributed by atoms with Crippen LogP contribution >= 0.6 is 0 Å². The van der Waals surface area contributed by atoms with Crippen molar-refractivity contribution in [2.45, 2.75) is 38.2 Å². The molecule has 0 spiro atoms. The molecule has 0 saturated heterocycles. The maximum absolute atomic E-state index is 8.89. The van der Waals surface area contributed by atoms with Gasteiger partial charge in [-0.15, -0.1) is 0 Å². The Balaban J connectivity index is 1.45. The van der Waals surface area contributed by atoms with Crippen LogP contribution in [0.2, 0.25) is 0 Å². The summed E-state index contributed by atoms with van der Waals surface area (Å²) >= 11 is 0. The normalized spacial score (nSPS) is 19.6. The summed E-state index contributed by atoms with van der Waals surface area (Å²) in [5.41, 5.74) is 8.50. The summed E-state index contributed by atoms with van der Waals surface area (Å²) < 4.78 is 12.9. The second-order valence-electron chi connectivity index (χ2n) is 6.37. The number of aliphatic hydroxyl groups excluding tert-OH is 1. The Morgan fingerprint density at radius 1 is 1.15 bits per heavy atom. The molecule has 0 bridgehead atoms. The van der Waals surface area contributed by atoms with Crippen molar-refractivity contribution in [1.29, 1.82) is 0 Å². The second-order valence-corrected chi connectivity index (χ2v) is 6.37. The molecule has 8 heteroatoms. The van der Waals surface area contributed by atoms with Gasteiger partial charge >= 0.3 is 0 Å². The third-order valence-electron chi connectivity index (χ3n) is 4.67. The lowest BCUT2D eigenvalue weighted by molar-refractivity contribution is -0.0381. The van der Waals surface area contributed by atoms with Gasteiger partial charge in [0.1, 0.15) is 24.6 Å². The first-order valence-corrected chi connectivity index (χ1v) is 8.58. The second kappa shape index (κ2) is 7.36. The Kier molecular flexibility index (Phi) is 4.79. The molecule has 0 unspecified atom stereocenters. The minimum absolute atomic E-state index is 0.165. The van der Waals surface area contributed by atoms with Gasteiger partial charge in [-0.05, 0) is 18.4 Å². The van der Waals surface area contributed by atoms with Gasteiger partial charge < -0.3 is 20.3 Å². The molecule has 1 saturated carbocycles. The smallest absolute Gasteiger partial charge is 0.163 e. The number of hydrogen-bond acceptors (Lipinski definition) is 7. The number of ether oxygens (including phenoxy) is 2. The lowest BCUT2D eigenvalue weighted by atomic mass is 9.89. The van der Waals surface area contributed by atoms with Crippen LogP contribution in [0, 0.1) is 0 Å². The molecular formula is C18H21N5O3. The number of hydrogen-bond donors (Lipinski definition) is 2. The standard InChI is InChI=1S/C18H21N5O3/c19-17-16-15(9-25-11-24)22-23(18(16)21-10-20-17)13-6-14(7-13)26-8-12-4-2-1-3-5-12/h1-5,10,13-14,24H,6-9,11H2,(H2,19,20,21)/t13-,14-. The van der Waals surface area contributed by atoms with Crippen molar-refractivity contribution < 1.29 is 14.6 Å². The highest BCUT2D eigenvalue weighted by Crippen LogP contribution is 2.37. The number of benzene rings is 1. The Morgan fingerprint density at radius 3 is 2.73 bits per heavy atom. The van der Waals surface area contributed by atoms with E-state index >= 15 is 0 Å². The van der Waals surface area contributed by atoms with Crippen LogP contribution in [0.4, 0.5) is 5.82 Å². The molecule has 2 aromatic heterocycles. The largest absolute Gasteiger partial charge is 0.383 e. The van der Waals surface area contributed by atoms with Gasteiger partial charge in [0.25, 0.3) is 0 Å². The number of rotatable bonds is 7. The molecule has 1 aliphatic carbocycles. The van der Waals surface area contributed by atoms with E-state index in [4.69, 9.17) is 20.3 Å². The van der Waals surface area contributed by atoms with E-state index in [0.717, 1.165) is 12.8 Å². The van der Waals surface area contributed by atoms with Crippen molar-refractivity contribution in [3.8, 4) is 0 Å². The molecule has 1 aliphatic rings. The first-order chi connectivity index (χ1) is 12.8. The third kappa shape index (κ3) is 3.26. The summed E-state index contributed by atoms with van der Waals surface area (Å²) in [4.78, 5) is 8.38. The monoisotopic (exact) mass is 355 g/mol. The van der Waals surface area contributed by atoms with E-state index in [1.807, 2.05) is 22.9 Å². The summed E-state index contributed by atoms with van der Waals surface area (Å²) in [6.45, 7) is 0.405. The molecule has 26 heavy (non-hydrogen) atoms. The van der Waals surface area contributed by atoms with E-state index < -0.39 is 0 Å². The van der Waals surface area contributed by atoms with Gasteiger partial charge in [0, 0.05) is 0 Å². The topological polar surface area (TPSA) is 108 Å². The van der Waals surface area contributed by atoms with Crippen LogP contribution < -0.4 is 5.73 Å². The van der Waals surface area contributed by atoms with E-state index in [2.05, 4.69) is 27.2 Å². The van der Waals surface area contributed by atoms with Gasteiger partial charge in [0.15, 0.2) is 5.65 Å². The lowest BCUT2D eigenvalue weighted by Crippen LogP contribution is -2.34. The number of aromatic nitrogens is 4. The number of nitrogens with two attached hydrogens (primary N) is 1. The SMILES string of the molecule is Nc1ncnc2c1c(COCO)nn2[C@H]1C[C@H](OCc2ccccc2)C1. The zero-order chi connectivity index (χ0) is 17.9. The molecule has 8 nitrogen and oxygen atoms in total. The van der Waals surface area contributed by atoms with Crippen LogP contribution in [0.3, 0.4) is 0 Å². The molecule has 2 heterocycles. The summed E-state index contributed by atoms with van der Waals surface area (Å²) in [5, 5.41) is 14.2. The minimum atomic E-state index is -0.374. The van der Waals surface area contributed by atoms with E-state index in [-0.39, 0.29) is 25.5 Å². The highest BCUT2D eigenvalue weighted by molar-refractivity contribution is 5.88. The highest BCUT2D eigenvalue weighted by Gasteiger charge is 2.34. The highest BCUT2D eigenvalue weighted by atomic mass is 16.6. The Labute approximate surface area is 150 Å². The quantitative estimate of drug-likeness (QED) is 0.622. The molecule has 1 aromatic carbocycles. The van der Waals surface area contributed by atoms with Crippen molar-refractivity contribution in [3.05, 3.63) is 47.9 Å². The first kappa shape index (κ1) is 16.9. The van der Waals surface area contributed by atoms with E-state index in [1.165, 1.54) is 11.9 Å². The van der Waals surface area contributed by atoms with Crippen LogP contribution in [0.5, 0.6) is 0 Å². The molecule has 0 aliphatic heterocycles. The number of nitrogen functional groups attached to an aromatic ring is 1. The number of fused-ring (bicyclic) bond motifs is 1. The van der Waals surface area contributed by atoms with Crippen LogP contribution in [0.15, 0.2) is 36.7 Å². The van der Waals surface area contributed by atoms with Gasteiger partial charge in [-0.1, -0.05) is 30.3 Å². The fourth-order valence-electron chi connectivity index (χ4n) is 3.23. The molecule has 136 valence electrons. The van der Waals surface area contributed by atoms with Crippen molar-refractivity contribution in [3.63, 3.8) is 0 Å². The zero-order valence-electron chi connectivity index (χ0n) is 14.3. The van der Waals surface area contributed by atoms with Crippen molar-refractivity contribution in [1.82, 2.24) is 19.7 Å². The van der Waals surface area contributed by atoms with Gasteiger partial charge in [0.2, 0.25) is 0 Å². The summed E-state index contributed by atoms with van der Waals surface area (Å²) in [7, 11) is 0. The Morgan fingerprint density at radius 2 is 1.96 bits per heavy atom. The Bertz CT molecular complexity index is 877. The first-order valence-electron chi connectivity index (χ1n) is 8.58. The average molecular weight is 355 g/mol. The Hall–Kier alpha value is -2.55. The molecule has 1 fully saturated rings. The van der Waals surface area contributed by atoms with Crippen LogP contribution in [-0.4, -0.2) is 37.8 Å². The zero-order valence-corrected chi connectivity index (χ0v) is 14.3.